The Bertz CT molecular complexity index is 349. The molecule has 0 spiro atoms. The zero-order chi connectivity index (χ0) is 14.5. The second-order valence-corrected chi connectivity index (χ2v) is 8.83. The molecule has 1 saturated heterocycles. The molecule has 0 aromatic rings. The number of hydrogen-bond donors (Lipinski definition) is 1. The van der Waals surface area contributed by atoms with Crippen molar-refractivity contribution < 1.29 is 0 Å². The number of fused-ring (bicyclic) bond motifs is 2. The summed E-state index contributed by atoms with van der Waals surface area (Å²) in [6.07, 6.45) is 6.09. The molecular weight excluding hydrogens is 244 g/mol. The van der Waals surface area contributed by atoms with Crippen LogP contribution in [0.1, 0.15) is 60.3 Å². The van der Waals surface area contributed by atoms with E-state index in [2.05, 4.69) is 44.8 Å². The van der Waals surface area contributed by atoms with Crippen molar-refractivity contribution in [2.75, 3.05) is 13.1 Å². The van der Waals surface area contributed by atoms with Gasteiger partial charge in [0.1, 0.15) is 0 Å². The van der Waals surface area contributed by atoms with Crippen molar-refractivity contribution >= 4 is 0 Å². The van der Waals surface area contributed by atoms with Crippen molar-refractivity contribution in [3.8, 4) is 0 Å². The minimum atomic E-state index is 0.275. The molecule has 0 amide bonds. The first-order valence-electron chi connectivity index (χ1n) is 8.88. The molecule has 0 aromatic heterocycles. The largest absolute Gasteiger partial charge is 0.309 e. The van der Waals surface area contributed by atoms with Crippen molar-refractivity contribution in [3.05, 3.63) is 0 Å². The second kappa shape index (κ2) is 5.28. The van der Waals surface area contributed by atoms with Gasteiger partial charge in [0.25, 0.3) is 0 Å². The van der Waals surface area contributed by atoms with Gasteiger partial charge in [0, 0.05) is 30.7 Å². The van der Waals surface area contributed by atoms with E-state index < -0.39 is 0 Å². The van der Waals surface area contributed by atoms with Gasteiger partial charge in [-0.1, -0.05) is 20.3 Å². The molecule has 0 radical (unpaired) electrons. The Labute approximate surface area is 125 Å². The summed E-state index contributed by atoms with van der Waals surface area (Å²) in [4.78, 5) is 2.87. The fraction of sp³-hybridized carbons (Fsp3) is 1.00. The molecule has 1 aliphatic heterocycles. The maximum atomic E-state index is 3.76. The van der Waals surface area contributed by atoms with Crippen LogP contribution in [0.25, 0.3) is 0 Å². The Kier molecular flexibility index (Phi) is 3.92. The van der Waals surface area contributed by atoms with Crippen LogP contribution in [-0.4, -0.2) is 35.6 Å². The molecule has 3 rings (SSSR count). The summed E-state index contributed by atoms with van der Waals surface area (Å²) in [6.45, 7) is 14.4. The quantitative estimate of drug-likeness (QED) is 0.850. The lowest BCUT2D eigenvalue weighted by molar-refractivity contribution is 0.00537. The summed E-state index contributed by atoms with van der Waals surface area (Å²) in [5, 5.41) is 3.76. The summed E-state index contributed by atoms with van der Waals surface area (Å²) in [6, 6.07) is 1.50. The third-order valence-corrected chi connectivity index (χ3v) is 6.50. The molecule has 2 bridgehead atoms. The SMILES string of the molecule is CC(C)C1CNC(C)(C)CN1C(C)C1CC2CCC1C2. The number of piperazine rings is 1. The van der Waals surface area contributed by atoms with E-state index in [9.17, 15) is 0 Å². The first-order valence-corrected chi connectivity index (χ1v) is 8.88. The van der Waals surface area contributed by atoms with Crippen LogP contribution in [-0.2, 0) is 0 Å². The van der Waals surface area contributed by atoms with Gasteiger partial charge in [-0.3, -0.25) is 4.90 Å². The minimum absolute atomic E-state index is 0.275. The lowest BCUT2D eigenvalue weighted by Gasteiger charge is -2.51. The van der Waals surface area contributed by atoms with E-state index in [1.807, 2.05) is 0 Å². The maximum Gasteiger partial charge on any atom is 0.0253 e. The van der Waals surface area contributed by atoms with Crippen molar-refractivity contribution in [2.24, 2.45) is 23.7 Å². The Morgan fingerprint density at radius 3 is 2.40 bits per heavy atom. The highest BCUT2D eigenvalue weighted by Crippen LogP contribution is 2.50. The Morgan fingerprint density at radius 2 is 1.85 bits per heavy atom. The molecule has 1 N–H and O–H groups in total. The molecule has 3 fully saturated rings. The lowest BCUT2D eigenvalue weighted by Crippen LogP contribution is -2.65. The molecular formula is C18H34N2. The smallest absolute Gasteiger partial charge is 0.0253 e. The van der Waals surface area contributed by atoms with Crippen LogP contribution in [0.4, 0.5) is 0 Å². The molecule has 2 saturated carbocycles. The third-order valence-electron chi connectivity index (χ3n) is 6.50. The fourth-order valence-electron chi connectivity index (χ4n) is 5.32. The molecule has 5 atom stereocenters. The van der Waals surface area contributed by atoms with Gasteiger partial charge < -0.3 is 5.32 Å². The predicted molar refractivity (Wildman–Crippen MR) is 85.8 cm³/mol. The van der Waals surface area contributed by atoms with E-state index in [1.54, 1.807) is 0 Å². The predicted octanol–water partition coefficient (Wildman–Crippen LogP) is 3.52. The van der Waals surface area contributed by atoms with Crippen molar-refractivity contribution in [1.82, 2.24) is 10.2 Å². The number of nitrogens with one attached hydrogen (secondary N) is 1. The van der Waals surface area contributed by atoms with Crippen molar-refractivity contribution in [1.29, 1.82) is 0 Å². The topological polar surface area (TPSA) is 15.3 Å². The monoisotopic (exact) mass is 278 g/mol. The standard InChI is InChI=1S/C18H34N2/c1-12(2)17-10-19-18(4,5)11-20(17)13(3)16-9-14-6-7-15(16)8-14/h12-17,19H,6-11H2,1-5H3. The zero-order valence-electron chi connectivity index (χ0n) is 14.2. The van der Waals surface area contributed by atoms with Gasteiger partial charge in [-0.2, -0.15) is 0 Å². The average Bonchev–Trinajstić information content (AvgIpc) is 2.98. The highest BCUT2D eigenvalue weighted by molar-refractivity contribution is 5.00. The van der Waals surface area contributed by atoms with Crippen LogP contribution in [0.5, 0.6) is 0 Å². The van der Waals surface area contributed by atoms with Crippen molar-refractivity contribution in [2.45, 2.75) is 77.9 Å². The number of nitrogens with zero attached hydrogens (tertiary/aromatic N) is 1. The maximum absolute atomic E-state index is 3.76. The highest BCUT2D eigenvalue weighted by atomic mass is 15.3. The van der Waals surface area contributed by atoms with E-state index in [0.29, 0.717) is 0 Å². The first-order chi connectivity index (χ1) is 9.37. The zero-order valence-corrected chi connectivity index (χ0v) is 14.2. The summed E-state index contributed by atoms with van der Waals surface area (Å²) < 4.78 is 0. The van der Waals surface area contributed by atoms with E-state index >= 15 is 0 Å². The second-order valence-electron chi connectivity index (χ2n) is 8.83. The number of hydrogen-bond acceptors (Lipinski definition) is 2. The molecule has 0 aromatic carbocycles. The minimum Gasteiger partial charge on any atom is -0.309 e. The van der Waals surface area contributed by atoms with Gasteiger partial charge in [0.15, 0.2) is 0 Å². The van der Waals surface area contributed by atoms with Gasteiger partial charge in [-0.25, -0.2) is 0 Å². The van der Waals surface area contributed by atoms with Crippen LogP contribution < -0.4 is 5.32 Å². The van der Waals surface area contributed by atoms with E-state index in [1.165, 1.54) is 32.2 Å². The van der Waals surface area contributed by atoms with E-state index in [-0.39, 0.29) is 5.54 Å². The molecule has 1 heterocycles. The van der Waals surface area contributed by atoms with Crippen LogP contribution in [0.15, 0.2) is 0 Å². The third kappa shape index (κ3) is 2.66. The van der Waals surface area contributed by atoms with E-state index in [0.717, 1.165) is 42.3 Å². The molecule has 2 nitrogen and oxygen atoms in total. The van der Waals surface area contributed by atoms with Crippen LogP contribution >= 0.6 is 0 Å². The molecule has 2 aliphatic carbocycles. The normalized spacial score (nSPS) is 42.3. The summed E-state index contributed by atoms with van der Waals surface area (Å²) >= 11 is 0. The fourth-order valence-corrected chi connectivity index (χ4v) is 5.32. The first kappa shape index (κ1) is 14.8. The number of rotatable bonds is 3. The lowest BCUT2D eigenvalue weighted by atomic mass is 9.81. The van der Waals surface area contributed by atoms with Crippen LogP contribution in [0.3, 0.4) is 0 Å². The summed E-state index contributed by atoms with van der Waals surface area (Å²) in [5.74, 6) is 3.84. The van der Waals surface area contributed by atoms with Gasteiger partial charge >= 0.3 is 0 Å². The van der Waals surface area contributed by atoms with Crippen LogP contribution in [0, 0.1) is 23.7 Å². The average molecular weight is 278 g/mol. The Morgan fingerprint density at radius 1 is 1.10 bits per heavy atom. The van der Waals surface area contributed by atoms with Crippen molar-refractivity contribution in [3.63, 3.8) is 0 Å². The molecule has 5 unspecified atom stereocenters. The molecule has 3 aliphatic rings. The van der Waals surface area contributed by atoms with Crippen LogP contribution in [0.2, 0.25) is 0 Å². The Hall–Kier alpha value is -0.0800. The molecule has 116 valence electrons. The molecule has 2 heteroatoms. The van der Waals surface area contributed by atoms with Gasteiger partial charge in [-0.15, -0.1) is 0 Å². The highest BCUT2D eigenvalue weighted by Gasteiger charge is 2.46. The van der Waals surface area contributed by atoms with E-state index in [4.69, 9.17) is 0 Å². The van der Waals surface area contributed by atoms with Gasteiger partial charge in [0.05, 0.1) is 0 Å². The van der Waals surface area contributed by atoms with Gasteiger partial charge in [0.2, 0.25) is 0 Å². The Balaban J connectivity index is 1.74. The summed E-state index contributed by atoms with van der Waals surface area (Å²) in [5.41, 5.74) is 0.275. The van der Waals surface area contributed by atoms with Gasteiger partial charge in [-0.05, 0) is 63.7 Å². The summed E-state index contributed by atoms with van der Waals surface area (Å²) in [7, 11) is 0. The molecule has 20 heavy (non-hydrogen) atoms.